The Hall–Kier alpha value is -0.940. The molecule has 0 aliphatic carbocycles. The summed E-state index contributed by atoms with van der Waals surface area (Å²) in [4.78, 5) is 14.5. The molecule has 1 aromatic rings. The Bertz CT molecular complexity index is 396. The van der Waals surface area contributed by atoms with Crippen molar-refractivity contribution in [2.45, 2.75) is 18.1 Å². The van der Waals surface area contributed by atoms with E-state index in [1.807, 2.05) is 0 Å². The van der Waals surface area contributed by atoms with Crippen LogP contribution in [0, 0.1) is 0 Å². The lowest BCUT2D eigenvalue weighted by Crippen LogP contribution is -2.19. The summed E-state index contributed by atoms with van der Waals surface area (Å²) in [6.07, 6.45) is 1.37. The van der Waals surface area contributed by atoms with Gasteiger partial charge in [0, 0.05) is 10.9 Å². The standard InChI is InChI=1S/C9H11ClN2O2S/c1-9(15,3-7(13)14)5-2-6(10)8(11)12-4-5/h2,4,15H,3H2,1H3,(H2,11,12)(H,13,14). The van der Waals surface area contributed by atoms with Gasteiger partial charge >= 0.3 is 5.97 Å². The van der Waals surface area contributed by atoms with Crippen molar-refractivity contribution in [2.75, 3.05) is 5.73 Å². The van der Waals surface area contributed by atoms with E-state index in [9.17, 15) is 4.79 Å². The molecular formula is C9H11ClN2O2S. The zero-order valence-corrected chi connectivity index (χ0v) is 9.72. The Kier molecular flexibility index (Phi) is 3.46. The molecule has 15 heavy (non-hydrogen) atoms. The molecule has 0 fully saturated rings. The van der Waals surface area contributed by atoms with Crippen LogP contribution in [-0.2, 0) is 9.54 Å². The number of rotatable bonds is 3. The van der Waals surface area contributed by atoms with E-state index in [2.05, 4.69) is 17.6 Å². The van der Waals surface area contributed by atoms with Gasteiger partial charge in [0.15, 0.2) is 0 Å². The monoisotopic (exact) mass is 246 g/mol. The van der Waals surface area contributed by atoms with Gasteiger partial charge in [0.2, 0.25) is 0 Å². The fraction of sp³-hybridized carbons (Fsp3) is 0.333. The van der Waals surface area contributed by atoms with E-state index in [-0.39, 0.29) is 12.2 Å². The van der Waals surface area contributed by atoms with Gasteiger partial charge in [-0.3, -0.25) is 4.79 Å². The highest BCUT2D eigenvalue weighted by Crippen LogP contribution is 2.33. The molecule has 0 spiro atoms. The lowest BCUT2D eigenvalue weighted by atomic mass is 9.98. The smallest absolute Gasteiger partial charge is 0.305 e. The number of nitrogens with zero attached hydrogens (tertiary/aromatic N) is 1. The first-order valence-electron chi connectivity index (χ1n) is 4.18. The third-order valence-corrected chi connectivity index (χ3v) is 2.71. The molecule has 6 heteroatoms. The van der Waals surface area contributed by atoms with E-state index in [1.54, 1.807) is 13.0 Å². The number of nitrogens with two attached hydrogens (primary N) is 1. The third kappa shape index (κ3) is 3.00. The van der Waals surface area contributed by atoms with Crippen molar-refractivity contribution in [3.63, 3.8) is 0 Å². The Balaban J connectivity index is 3.04. The van der Waals surface area contributed by atoms with Crippen molar-refractivity contribution < 1.29 is 9.90 Å². The minimum atomic E-state index is -0.930. The summed E-state index contributed by atoms with van der Waals surface area (Å²) in [5.74, 6) is -0.708. The number of pyridine rings is 1. The molecule has 0 aromatic carbocycles. The van der Waals surface area contributed by atoms with E-state index in [0.29, 0.717) is 10.6 Å². The lowest BCUT2D eigenvalue weighted by Gasteiger charge is -2.21. The molecule has 0 aliphatic heterocycles. The van der Waals surface area contributed by atoms with Gasteiger partial charge in [0.1, 0.15) is 5.82 Å². The summed E-state index contributed by atoms with van der Waals surface area (Å²) in [5, 5.41) is 9.01. The van der Waals surface area contributed by atoms with Crippen molar-refractivity contribution in [3.8, 4) is 0 Å². The van der Waals surface area contributed by atoms with Crippen LogP contribution < -0.4 is 5.73 Å². The molecular weight excluding hydrogens is 236 g/mol. The van der Waals surface area contributed by atoms with Gasteiger partial charge in [-0.1, -0.05) is 11.6 Å². The Morgan fingerprint density at radius 2 is 2.40 bits per heavy atom. The maximum absolute atomic E-state index is 10.6. The summed E-state index contributed by atoms with van der Waals surface area (Å²) in [5.41, 5.74) is 6.08. The normalized spacial score (nSPS) is 14.6. The highest BCUT2D eigenvalue weighted by Gasteiger charge is 2.26. The number of thiol groups is 1. The molecule has 0 bridgehead atoms. The average molecular weight is 247 g/mol. The van der Waals surface area contributed by atoms with Crippen molar-refractivity contribution in [1.82, 2.24) is 4.98 Å². The quantitative estimate of drug-likeness (QED) is 0.713. The van der Waals surface area contributed by atoms with Gasteiger partial charge in [0.25, 0.3) is 0 Å². The van der Waals surface area contributed by atoms with E-state index in [0.717, 1.165) is 0 Å². The fourth-order valence-electron chi connectivity index (χ4n) is 1.14. The maximum Gasteiger partial charge on any atom is 0.305 e. The lowest BCUT2D eigenvalue weighted by molar-refractivity contribution is -0.137. The topological polar surface area (TPSA) is 76.2 Å². The molecule has 0 amide bonds. The van der Waals surface area contributed by atoms with Gasteiger partial charge in [-0.2, -0.15) is 12.6 Å². The molecule has 1 aromatic heterocycles. The van der Waals surface area contributed by atoms with Crippen LogP contribution in [-0.4, -0.2) is 16.1 Å². The average Bonchev–Trinajstić information content (AvgIpc) is 2.07. The first-order valence-corrected chi connectivity index (χ1v) is 5.01. The fourth-order valence-corrected chi connectivity index (χ4v) is 1.56. The first-order chi connectivity index (χ1) is 6.83. The molecule has 1 rings (SSSR count). The van der Waals surface area contributed by atoms with Crippen molar-refractivity contribution >= 4 is 36.0 Å². The minimum absolute atomic E-state index is 0.113. The number of carboxylic acid groups (broad SMARTS) is 1. The number of hydrogen-bond donors (Lipinski definition) is 3. The summed E-state index contributed by atoms with van der Waals surface area (Å²) >= 11 is 10.1. The van der Waals surface area contributed by atoms with Gasteiger partial charge in [0.05, 0.1) is 11.4 Å². The number of carboxylic acids is 1. The van der Waals surface area contributed by atoms with E-state index < -0.39 is 10.7 Å². The largest absolute Gasteiger partial charge is 0.481 e. The number of hydrogen-bond acceptors (Lipinski definition) is 4. The summed E-state index contributed by atoms with van der Waals surface area (Å²) in [7, 11) is 0. The highest BCUT2D eigenvalue weighted by molar-refractivity contribution is 7.81. The SMILES string of the molecule is CC(S)(CC(=O)O)c1cnc(N)c(Cl)c1. The molecule has 1 atom stereocenters. The second-order valence-electron chi connectivity index (χ2n) is 3.44. The number of anilines is 1. The number of halogens is 1. The van der Waals surface area contributed by atoms with Crippen molar-refractivity contribution in [3.05, 3.63) is 22.8 Å². The number of aliphatic carboxylic acids is 1. The second-order valence-corrected chi connectivity index (χ2v) is 4.83. The van der Waals surface area contributed by atoms with Crippen LogP contribution in [0.15, 0.2) is 12.3 Å². The zero-order valence-electron chi connectivity index (χ0n) is 8.07. The Morgan fingerprint density at radius 1 is 1.80 bits per heavy atom. The van der Waals surface area contributed by atoms with E-state index in [1.165, 1.54) is 6.20 Å². The maximum atomic E-state index is 10.6. The van der Waals surface area contributed by atoms with Crippen molar-refractivity contribution in [2.24, 2.45) is 0 Å². The second kappa shape index (κ2) is 4.28. The number of aromatic nitrogens is 1. The molecule has 0 saturated heterocycles. The Morgan fingerprint density at radius 3 is 2.87 bits per heavy atom. The van der Waals surface area contributed by atoms with E-state index >= 15 is 0 Å². The molecule has 4 nitrogen and oxygen atoms in total. The van der Waals surface area contributed by atoms with Gasteiger partial charge in [-0.15, -0.1) is 0 Å². The van der Waals surface area contributed by atoms with Crippen LogP contribution in [0.5, 0.6) is 0 Å². The molecule has 0 saturated carbocycles. The van der Waals surface area contributed by atoms with Crippen LogP contribution in [0.2, 0.25) is 5.02 Å². The van der Waals surface area contributed by atoms with Crippen LogP contribution >= 0.6 is 24.2 Å². The first kappa shape index (κ1) is 12.1. The summed E-state index contributed by atoms with van der Waals surface area (Å²) < 4.78 is -0.809. The molecule has 0 aliphatic rings. The van der Waals surface area contributed by atoms with Crippen LogP contribution in [0.3, 0.4) is 0 Å². The van der Waals surface area contributed by atoms with Gasteiger partial charge < -0.3 is 10.8 Å². The summed E-state index contributed by atoms with van der Waals surface area (Å²) in [6, 6.07) is 1.58. The zero-order chi connectivity index (χ0) is 11.6. The third-order valence-electron chi connectivity index (χ3n) is 1.99. The summed E-state index contributed by atoms with van der Waals surface area (Å²) in [6.45, 7) is 1.69. The van der Waals surface area contributed by atoms with Crippen LogP contribution in [0.4, 0.5) is 5.82 Å². The van der Waals surface area contributed by atoms with Gasteiger partial charge in [-0.05, 0) is 18.6 Å². The predicted octanol–water partition coefficient (Wildman–Crippen LogP) is 1.94. The molecule has 1 heterocycles. The molecule has 1 unspecified atom stereocenters. The van der Waals surface area contributed by atoms with Crippen LogP contribution in [0.25, 0.3) is 0 Å². The van der Waals surface area contributed by atoms with Gasteiger partial charge in [-0.25, -0.2) is 4.98 Å². The van der Waals surface area contributed by atoms with Crippen molar-refractivity contribution in [1.29, 1.82) is 0 Å². The molecule has 3 N–H and O–H groups in total. The predicted molar refractivity (Wildman–Crippen MR) is 62.3 cm³/mol. The number of nitrogen functional groups attached to an aromatic ring is 1. The molecule has 82 valence electrons. The van der Waals surface area contributed by atoms with Crippen LogP contribution in [0.1, 0.15) is 18.9 Å². The Labute approximate surface area is 97.9 Å². The number of carbonyl (C=O) groups is 1. The molecule has 0 radical (unpaired) electrons. The minimum Gasteiger partial charge on any atom is -0.481 e. The highest BCUT2D eigenvalue weighted by atomic mass is 35.5. The van der Waals surface area contributed by atoms with E-state index in [4.69, 9.17) is 22.4 Å².